The van der Waals surface area contributed by atoms with E-state index in [4.69, 9.17) is 4.74 Å². The summed E-state index contributed by atoms with van der Waals surface area (Å²) in [6, 6.07) is 2.59. The van der Waals surface area contributed by atoms with E-state index in [1.165, 1.54) is 9.35 Å². The Bertz CT molecular complexity index is 303. The highest BCUT2D eigenvalue weighted by Crippen LogP contribution is 2.21. The molecule has 1 heterocycles. The van der Waals surface area contributed by atoms with E-state index in [0.717, 1.165) is 19.6 Å². The molecule has 0 bridgehead atoms. The maximum absolute atomic E-state index is 5.67. The number of ether oxygens (including phenoxy) is 1. The molecule has 0 saturated carbocycles. The minimum Gasteiger partial charge on any atom is -0.377 e. The van der Waals surface area contributed by atoms with Gasteiger partial charge in [-0.05, 0) is 48.8 Å². The van der Waals surface area contributed by atoms with Crippen molar-refractivity contribution in [1.29, 1.82) is 0 Å². The van der Waals surface area contributed by atoms with Gasteiger partial charge in [0.1, 0.15) is 0 Å². The number of hydrogen-bond acceptors (Lipinski definition) is 3. The molecule has 0 saturated heterocycles. The molecule has 0 aliphatic carbocycles. The predicted octanol–water partition coefficient (Wildman–Crippen LogP) is 3.46. The first kappa shape index (κ1) is 14.2. The summed E-state index contributed by atoms with van der Waals surface area (Å²) in [5, 5.41) is 5.62. The molecule has 4 heteroatoms. The normalized spacial score (nSPS) is 15.0. The number of nitrogens with one attached hydrogen (secondary N) is 1. The second kappa shape index (κ2) is 7.43. The molecule has 2 atom stereocenters. The van der Waals surface area contributed by atoms with E-state index in [1.54, 1.807) is 11.3 Å². The van der Waals surface area contributed by atoms with Crippen molar-refractivity contribution < 1.29 is 4.74 Å². The Kier molecular flexibility index (Phi) is 6.58. The summed E-state index contributed by atoms with van der Waals surface area (Å²) >= 11 is 5.28. The second-order valence-electron chi connectivity index (χ2n) is 3.76. The first-order valence-electron chi connectivity index (χ1n) is 5.75. The highest BCUT2D eigenvalue weighted by atomic mass is 79.9. The number of likely N-dealkylation sites (N-methyl/N-ethyl adjacent to an activating group) is 1. The van der Waals surface area contributed by atoms with E-state index in [0.29, 0.717) is 6.04 Å². The third-order valence-electron chi connectivity index (χ3n) is 2.51. The van der Waals surface area contributed by atoms with E-state index in [9.17, 15) is 0 Å². The summed E-state index contributed by atoms with van der Waals surface area (Å²) in [6.07, 6.45) is 1.29. The first-order chi connectivity index (χ1) is 7.67. The van der Waals surface area contributed by atoms with Gasteiger partial charge in [-0.15, -0.1) is 11.3 Å². The number of thiophene rings is 1. The molecule has 0 radical (unpaired) electrons. The smallest absolute Gasteiger partial charge is 0.0703 e. The summed E-state index contributed by atoms with van der Waals surface area (Å²) in [5.41, 5.74) is 0. The molecule has 1 rings (SSSR count). The van der Waals surface area contributed by atoms with E-state index in [-0.39, 0.29) is 6.10 Å². The minimum atomic E-state index is 0.255. The van der Waals surface area contributed by atoms with Gasteiger partial charge >= 0.3 is 0 Å². The number of halogens is 1. The van der Waals surface area contributed by atoms with Crippen molar-refractivity contribution in [2.45, 2.75) is 39.3 Å². The van der Waals surface area contributed by atoms with Crippen LogP contribution in [0.5, 0.6) is 0 Å². The average Bonchev–Trinajstić information content (AvgIpc) is 2.64. The van der Waals surface area contributed by atoms with Crippen LogP contribution < -0.4 is 5.32 Å². The average molecular weight is 306 g/mol. The van der Waals surface area contributed by atoms with Crippen molar-refractivity contribution in [3.05, 3.63) is 20.8 Å². The van der Waals surface area contributed by atoms with Crippen LogP contribution in [0.3, 0.4) is 0 Å². The fraction of sp³-hybridized carbons (Fsp3) is 0.667. The molecule has 2 unspecified atom stereocenters. The second-order valence-corrected chi connectivity index (χ2v) is 5.67. The molecule has 0 spiro atoms. The van der Waals surface area contributed by atoms with Crippen molar-refractivity contribution in [1.82, 2.24) is 5.32 Å². The molecule has 0 fully saturated rings. The highest BCUT2D eigenvalue weighted by molar-refractivity contribution is 9.10. The topological polar surface area (TPSA) is 21.3 Å². The lowest BCUT2D eigenvalue weighted by atomic mass is 10.1. The Morgan fingerprint density at radius 1 is 1.50 bits per heavy atom. The largest absolute Gasteiger partial charge is 0.377 e. The van der Waals surface area contributed by atoms with Gasteiger partial charge in [0.25, 0.3) is 0 Å². The van der Waals surface area contributed by atoms with Crippen molar-refractivity contribution in [3.63, 3.8) is 0 Å². The Morgan fingerprint density at radius 2 is 2.25 bits per heavy atom. The van der Waals surface area contributed by atoms with Crippen LogP contribution >= 0.6 is 27.3 Å². The highest BCUT2D eigenvalue weighted by Gasteiger charge is 2.17. The van der Waals surface area contributed by atoms with Crippen LogP contribution in [0.25, 0.3) is 0 Å². The summed E-state index contributed by atoms with van der Waals surface area (Å²) in [7, 11) is 0. The van der Waals surface area contributed by atoms with Crippen LogP contribution in [0.1, 0.15) is 25.6 Å². The Labute approximate surface area is 111 Å². The van der Waals surface area contributed by atoms with Crippen molar-refractivity contribution in [3.8, 4) is 0 Å². The van der Waals surface area contributed by atoms with E-state index < -0.39 is 0 Å². The zero-order chi connectivity index (χ0) is 12.0. The summed E-state index contributed by atoms with van der Waals surface area (Å²) < 4.78 is 6.84. The Balaban J connectivity index is 2.56. The lowest BCUT2D eigenvalue weighted by molar-refractivity contribution is 0.0482. The fourth-order valence-electron chi connectivity index (χ4n) is 1.72. The maximum Gasteiger partial charge on any atom is 0.0703 e. The van der Waals surface area contributed by atoms with E-state index in [2.05, 4.69) is 46.5 Å². The van der Waals surface area contributed by atoms with Gasteiger partial charge in [-0.3, -0.25) is 0 Å². The van der Waals surface area contributed by atoms with Gasteiger partial charge in [0.05, 0.1) is 6.10 Å². The summed E-state index contributed by atoms with van der Waals surface area (Å²) in [4.78, 5) is 1.39. The van der Waals surface area contributed by atoms with Crippen LogP contribution in [0.15, 0.2) is 15.9 Å². The molecule has 1 aromatic heterocycles. The van der Waals surface area contributed by atoms with Crippen molar-refractivity contribution in [2.24, 2.45) is 0 Å². The molecule has 0 aliphatic rings. The third kappa shape index (κ3) is 4.53. The summed E-state index contributed by atoms with van der Waals surface area (Å²) in [5.74, 6) is 0. The van der Waals surface area contributed by atoms with Crippen LogP contribution in [0, 0.1) is 0 Å². The van der Waals surface area contributed by atoms with Gasteiger partial charge in [0, 0.05) is 27.4 Å². The number of rotatable bonds is 7. The molecule has 0 amide bonds. The summed E-state index contributed by atoms with van der Waals surface area (Å²) in [6.45, 7) is 8.07. The molecule has 92 valence electrons. The zero-order valence-corrected chi connectivity index (χ0v) is 12.5. The monoisotopic (exact) mass is 305 g/mol. The maximum atomic E-state index is 5.67. The van der Waals surface area contributed by atoms with E-state index in [1.807, 2.05) is 6.92 Å². The predicted molar refractivity (Wildman–Crippen MR) is 74.3 cm³/mol. The van der Waals surface area contributed by atoms with Crippen molar-refractivity contribution in [2.75, 3.05) is 13.2 Å². The van der Waals surface area contributed by atoms with Gasteiger partial charge in [-0.2, -0.15) is 0 Å². The third-order valence-corrected chi connectivity index (χ3v) is 4.23. The minimum absolute atomic E-state index is 0.255. The lowest BCUT2D eigenvalue weighted by Gasteiger charge is -2.24. The molecule has 1 aromatic rings. The fourth-order valence-corrected chi connectivity index (χ4v) is 3.23. The molecular formula is C12H20BrNOS. The van der Waals surface area contributed by atoms with Gasteiger partial charge < -0.3 is 10.1 Å². The van der Waals surface area contributed by atoms with Gasteiger partial charge in [-0.25, -0.2) is 0 Å². The van der Waals surface area contributed by atoms with Crippen LogP contribution in [0.4, 0.5) is 0 Å². The molecule has 16 heavy (non-hydrogen) atoms. The molecule has 2 nitrogen and oxygen atoms in total. The van der Waals surface area contributed by atoms with Crippen LogP contribution in [-0.4, -0.2) is 25.3 Å². The van der Waals surface area contributed by atoms with Crippen LogP contribution in [0.2, 0.25) is 0 Å². The molecule has 1 N–H and O–H groups in total. The molecule has 0 aromatic carbocycles. The van der Waals surface area contributed by atoms with Gasteiger partial charge in [0.2, 0.25) is 0 Å². The quantitative estimate of drug-likeness (QED) is 0.833. The molecular weight excluding hydrogens is 286 g/mol. The lowest BCUT2D eigenvalue weighted by Crippen LogP contribution is -2.41. The van der Waals surface area contributed by atoms with Crippen LogP contribution in [-0.2, 0) is 11.2 Å². The number of hydrogen-bond donors (Lipinski definition) is 1. The Hall–Kier alpha value is 0.1000. The Morgan fingerprint density at radius 3 is 2.75 bits per heavy atom. The SMILES string of the molecule is CCNC(Cc1cc(Br)cs1)C(C)OCC. The zero-order valence-electron chi connectivity index (χ0n) is 10.1. The van der Waals surface area contributed by atoms with Crippen molar-refractivity contribution >= 4 is 27.3 Å². The van der Waals surface area contributed by atoms with Gasteiger partial charge in [0.15, 0.2) is 0 Å². The molecule has 0 aliphatic heterocycles. The van der Waals surface area contributed by atoms with E-state index >= 15 is 0 Å². The standard InChI is InChI=1S/C12H20BrNOS/c1-4-14-12(9(3)15-5-2)7-11-6-10(13)8-16-11/h6,8-9,12,14H,4-5,7H2,1-3H3. The van der Waals surface area contributed by atoms with Gasteiger partial charge in [-0.1, -0.05) is 6.92 Å². The first-order valence-corrected chi connectivity index (χ1v) is 7.42.